The molecule has 0 aliphatic rings. The van der Waals surface area contributed by atoms with E-state index in [9.17, 15) is 24.6 Å². The molecule has 0 saturated heterocycles. The van der Waals surface area contributed by atoms with E-state index in [-0.39, 0.29) is 15.7 Å². The topological polar surface area (TPSA) is 117 Å². The van der Waals surface area contributed by atoms with Crippen LogP contribution in [0.1, 0.15) is 27.6 Å². The minimum atomic E-state index is -1.26. The van der Waals surface area contributed by atoms with Crippen molar-refractivity contribution < 1.29 is 24.2 Å². The lowest BCUT2D eigenvalue weighted by atomic mass is 10.1. The fourth-order valence-corrected chi connectivity index (χ4v) is 2.31. The molecule has 0 saturated carbocycles. The van der Waals surface area contributed by atoms with Crippen LogP contribution in [0.3, 0.4) is 0 Å². The molecule has 7 nitrogen and oxygen atoms in total. The number of nitrogens with one attached hydrogen (secondary N) is 1. The molecule has 0 aliphatic carbocycles. The summed E-state index contributed by atoms with van der Waals surface area (Å²) in [5.41, 5.74) is -2.78. The number of amides is 1. The van der Waals surface area contributed by atoms with Crippen LogP contribution in [0.4, 0.5) is 5.69 Å². The van der Waals surface area contributed by atoms with Gasteiger partial charge in [0.2, 0.25) is 0 Å². The third-order valence-electron chi connectivity index (χ3n) is 2.86. The fourth-order valence-electron chi connectivity index (χ4n) is 1.82. The van der Waals surface area contributed by atoms with Crippen LogP contribution in [0.15, 0.2) is 27.4 Å². The van der Waals surface area contributed by atoms with E-state index < -0.39 is 40.1 Å². The second-order valence-corrected chi connectivity index (χ2v) is 5.21. The molecule has 0 radical (unpaired) electrons. The molecular formula is C14H9Cl2NO6. The minimum Gasteiger partial charge on any atom is -0.506 e. The highest BCUT2D eigenvalue weighted by molar-refractivity contribution is 6.40. The number of ketones is 1. The van der Waals surface area contributed by atoms with Gasteiger partial charge in [-0.3, -0.25) is 9.59 Å². The summed E-state index contributed by atoms with van der Waals surface area (Å²) < 4.78 is 4.39. The Morgan fingerprint density at radius 2 is 1.70 bits per heavy atom. The molecule has 0 unspecified atom stereocenters. The average Bonchev–Trinajstić information content (AvgIpc) is 2.41. The predicted molar refractivity (Wildman–Crippen MR) is 82.7 cm³/mol. The zero-order valence-corrected chi connectivity index (χ0v) is 13.0. The van der Waals surface area contributed by atoms with Gasteiger partial charge in [0.15, 0.2) is 17.1 Å². The van der Waals surface area contributed by atoms with Crippen LogP contribution in [-0.2, 0) is 0 Å². The van der Waals surface area contributed by atoms with Gasteiger partial charge in [-0.1, -0.05) is 29.3 Å². The van der Waals surface area contributed by atoms with Crippen LogP contribution >= 0.6 is 23.2 Å². The molecule has 0 fully saturated rings. The average molecular weight is 358 g/mol. The lowest BCUT2D eigenvalue weighted by Gasteiger charge is -2.11. The zero-order chi connectivity index (χ0) is 17.3. The maximum absolute atomic E-state index is 12.2. The van der Waals surface area contributed by atoms with E-state index in [4.69, 9.17) is 23.2 Å². The number of hydrogen-bond acceptors (Lipinski definition) is 6. The Morgan fingerprint density at radius 1 is 1.13 bits per heavy atom. The summed E-state index contributed by atoms with van der Waals surface area (Å²) in [6.07, 6.45) is 0. The van der Waals surface area contributed by atoms with Crippen LogP contribution in [-0.4, -0.2) is 21.9 Å². The first-order valence-corrected chi connectivity index (χ1v) is 6.85. The van der Waals surface area contributed by atoms with E-state index in [1.165, 1.54) is 12.1 Å². The van der Waals surface area contributed by atoms with Crippen molar-refractivity contribution in [2.45, 2.75) is 6.92 Å². The Kier molecular flexibility index (Phi) is 4.63. The third-order valence-corrected chi connectivity index (χ3v) is 3.49. The molecular weight excluding hydrogens is 349 g/mol. The summed E-state index contributed by atoms with van der Waals surface area (Å²) in [5.74, 6) is -4.03. The number of aromatic hydroxyl groups is 2. The molecule has 1 aromatic carbocycles. The van der Waals surface area contributed by atoms with Crippen LogP contribution in [0.5, 0.6) is 11.7 Å². The van der Waals surface area contributed by atoms with Crippen molar-refractivity contribution >= 4 is 40.6 Å². The van der Waals surface area contributed by atoms with Crippen molar-refractivity contribution in [1.29, 1.82) is 0 Å². The number of Topliss-reactive ketones (excluding diaryl/α,β-unsaturated/α-hetero) is 1. The van der Waals surface area contributed by atoms with E-state index in [1.807, 2.05) is 0 Å². The van der Waals surface area contributed by atoms with Crippen LogP contribution in [0, 0.1) is 0 Å². The van der Waals surface area contributed by atoms with Gasteiger partial charge in [0, 0.05) is 0 Å². The van der Waals surface area contributed by atoms with E-state index in [1.54, 1.807) is 6.07 Å². The Bertz CT molecular complexity index is 854. The summed E-state index contributed by atoms with van der Waals surface area (Å²) in [5, 5.41) is 22.0. The number of hydrogen-bond donors (Lipinski definition) is 3. The zero-order valence-electron chi connectivity index (χ0n) is 11.5. The molecule has 120 valence electrons. The van der Waals surface area contributed by atoms with E-state index >= 15 is 0 Å². The second-order valence-electron chi connectivity index (χ2n) is 4.40. The Labute approximate surface area is 139 Å². The molecule has 3 N–H and O–H groups in total. The predicted octanol–water partition coefficient (Wildman–Crippen LogP) is 2.81. The summed E-state index contributed by atoms with van der Waals surface area (Å²) in [7, 11) is 0. The molecule has 2 rings (SSSR count). The highest BCUT2D eigenvalue weighted by Crippen LogP contribution is 2.33. The first kappa shape index (κ1) is 16.9. The monoisotopic (exact) mass is 357 g/mol. The Hall–Kier alpha value is -2.51. The molecule has 2 aromatic rings. The largest absolute Gasteiger partial charge is 0.506 e. The van der Waals surface area contributed by atoms with Gasteiger partial charge in [-0.15, -0.1) is 0 Å². The van der Waals surface area contributed by atoms with Crippen molar-refractivity contribution in [3.8, 4) is 11.7 Å². The number of carbonyl (C=O) groups is 2. The lowest BCUT2D eigenvalue weighted by Crippen LogP contribution is -2.19. The number of benzene rings is 1. The minimum absolute atomic E-state index is 0.0233. The Balaban J connectivity index is 2.54. The summed E-state index contributed by atoms with van der Waals surface area (Å²) in [4.78, 5) is 35.1. The molecule has 1 aromatic heterocycles. The SMILES string of the molecule is CC(=O)c1c(O)c(C(=O)Nc2c(Cl)cccc2Cl)c(O)oc1=O. The van der Waals surface area contributed by atoms with Gasteiger partial charge in [0.1, 0.15) is 5.56 Å². The smallest absolute Gasteiger partial charge is 0.353 e. The fraction of sp³-hybridized carbons (Fsp3) is 0.0714. The first-order valence-electron chi connectivity index (χ1n) is 6.09. The first-order chi connectivity index (χ1) is 10.7. The molecule has 23 heavy (non-hydrogen) atoms. The van der Waals surface area contributed by atoms with E-state index in [0.29, 0.717) is 0 Å². The van der Waals surface area contributed by atoms with Gasteiger partial charge in [-0.2, -0.15) is 0 Å². The summed E-state index contributed by atoms with van der Waals surface area (Å²) >= 11 is 11.8. The molecule has 0 bridgehead atoms. The molecule has 1 heterocycles. The standard InChI is InChI=1S/C14H9Cl2NO6/c1-5(18)8-11(19)9(14(22)23-13(8)21)12(20)17-10-6(15)3-2-4-7(10)16/h2-4,19,22H,1H3,(H,17,20). The quantitative estimate of drug-likeness (QED) is 0.727. The number of para-hydroxylation sites is 1. The van der Waals surface area contributed by atoms with Crippen molar-refractivity contribution in [2.75, 3.05) is 5.32 Å². The summed E-state index contributed by atoms with van der Waals surface area (Å²) in [6, 6.07) is 4.45. The van der Waals surface area contributed by atoms with Gasteiger partial charge in [0.25, 0.3) is 5.91 Å². The lowest BCUT2D eigenvalue weighted by molar-refractivity contribution is 0.100. The molecule has 0 atom stereocenters. The van der Waals surface area contributed by atoms with Gasteiger partial charge in [0.05, 0.1) is 15.7 Å². The molecule has 9 heteroatoms. The van der Waals surface area contributed by atoms with Crippen molar-refractivity contribution in [2.24, 2.45) is 0 Å². The highest BCUT2D eigenvalue weighted by Gasteiger charge is 2.27. The summed E-state index contributed by atoms with van der Waals surface area (Å²) in [6.45, 7) is 0.996. The molecule has 0 aliphatic heterocycles. The third kappa shape index (κ3) is 3.15. The number of rotatable bonds is 3. The van der Waals surface area contributed by atoms with Crippen molar-refractivity contribution in [3.63, 3.8) is 0 Å². The molecule has 1 amide bonds. The van der Waals surface area contributed by atoms with Gasteiger partial charge in [-0.05, 0) is 19.1 Å². The van der Waals surface area contributed by atoms with Crippen LogP contribution in [0.25, 0.3) is 0 Å². The van der Waals surface area contributed by atoms with Crippen LogP contribution in [0.2, 0.25) is 10.0 Å². The van der Waals surface area contributed by atoms with Crippen molar-refractivity contribution in [3.05, 3.63) is 49.8 Å². The Morgan fingerprint density at radius 3 is 2.22 bits per heavy atom. The number of anilines is 1. The van der Waals surface area contributed by atoms with Crippen molar-refractivity contribution in [1.82, 2.24) is 0 Å². The maximum Gasteiger partial charge on any atom is 0.353 e. The van der Waals surface area contributed by atoms with Gasteiger partial charge >= 0.3 is 11.6 Å². The van der Waals surface area contributed by atoms with E-state index in [2.05, 4.69) is 9.73 Å². The normalized spacial score (nSPS) is 10.4. The van der Waals surface area contributed by atoms with Gasteiger partial charge < -0.3 is 19.9 Å². The number of halogens is 2. The van der Waals surface area contributed by atoms with E-state index in [0.717, 1.165) is 6.92 Å². The highest BCUT2D eigenvalue weighted by atomic mass is 35.5. The number of carbonyl (C=O) groups excluding carboxylic acids is 2. The molecule has 0 spiro atoms. The second kappa shape index (κ2) is 6.31. The van der Waals surface area contributed by atoms with Gasteiger partial charge in [-0.25, -0.2) is 4.79 Å². The van der Waals surface area contributed by atoms with Crippen LogP contribution < -0.4 is 10.9 Å². The maximum atomic E-state index is 12.2.